The van der Waals surface area contributed by atoms with Crippen LogP contribution >= 0.6 is 0 Å². The summed E-state index contributed by atoms with van der Waals surface area (Å²) in [6.07, 6.45) is 1.13. The molecule has 0 atom stereocenters. The minimum atomic E-state index is -0.269. The van der Waals surface area contributed by atoms with Crippen molar-refractivity contribution in [3.05, 3.63) is 71.8 Å². The number of aromatic nitrogens is 1. The minimum absolute atomic E-state index is 0.115. The van der Waals surface area contributed by atoms with E-state index in [2.05, 4.69) is 30.5 Å². The maximum atomic E-state index is 13.6. The second kappa shape index (κ2) is 7.51. The van der Waals surface area contributed by atoms with E-state index in [1.807, 2.05) is 25.1 Å². The lowest BCUT2D eigenvalue weighted by atomic mass is 9.86. The van der Waals surface area contributed by atoms with E-state index >= 15 is 0 Å². The van der Waals surface area contributed by atoms with Gasteiger partial charge >= 0.3 is 5.97 Å². The van der Waals surface area contributed by atoms with Crippen molar-refractivity contribution in [1.82, 2.24) is 4.57 Å². The molecule has 150 valence electrons. The Kier molecular flexibility index (Phi) is 5.03. The summed E-state index contributed by atoms with van der Waals surface area (Å²) in [5, 5.41) is 0. The topological polar surface area (TPSA) is 31.2 Å². The van der Waals surface area contributed by atoms with Gasteiger partial charge < -0.3 is 9.30 Å². The van der Waals surface area contributed by atoms with Crippen molar-refractivity contribution in [3.63, 3.8) is 0 Å². The molecule has 1 aromatic heterocycles. The number of fused-ring (bicyclic) bond motifs is 1. The van der Waals surface area contributed by atoms with Crippen molar-refractivity contribution in [2.24, 2.45) is 5.41 Å². The lowest BCUT2D eigenvalue weighted by Crippen LogP contribution is -2.16. The van der Waals surface area contributed by atoms with Crippen molar-refractivity contribution in [3.8, 4) is 22.3 Å². The molecule has 0 spiro atoms. The third kappa shape index (κ3) is 3.71. The zero-order valence-electron chi connectivity index (χ0n) is 17.2. The van der Waals surface area contributed by atoms with Gasteiger partial charge in [0.15, 0.2) is 0 Å². The quantitative estimate of drug-likeness (QED) is 0.526. The molecule has 0 amide bonds. The molecule has 2 heterocycles. The van der Waals surface area contributed by atoms with Crippen LogP contribution < -0.4 is 0 Å². The summed E-state index contributed by atoms with van der Waals surface area (Å²) in [5.74, 6) is -0.504. The van der Waals surface area contributed by atoms with Gasteiger partial charge in [-0.2, -0.15) is 0 Å². The van der Waals surface area contributed by atoms with Gasteiger partial charge in [0, 0.05) is 29.1 Å². The number of benzene rings is 2. The van der Waals surface area contributed by atoms with Gasteiger partial charge in [-0.1, -0.05) is 56.3 Å². The van der Waals surface area contributed by atoms with Gasteiger partial charge in [-0.25, -0.2) is 4.39 Å². The molecular formula is C25H26FNO2. The van der Waals surface area contributed by atoms with Crippen LogP contribution in [0.1, 0.15) is 32.2 Å². The van der Waals surface area contributed by atoms with E-state index < -0.39 is 0 Å². The fourth-order valence-corrected chi connectivity index (χ4v) is 4.41. The second-order valence-electron chi connectivity index (χ2n) is 8.43. The summed E-state index contributed by atoms with van der Waals surface area (Å²) >= 11 is 0. The molecule has 0 radical (unpaired) electrons. The molecule has 0 N–H and O–H groups in total. The molecule has 3 nitrogen and oxygen atoms in total. The van der Waals surface area contributed by atoms with E-state index in [1.165, 1.54) is 17.8 Å². The van der Waals surface area contributed by atoms with E-state index in [0.717, 1.165) is 40.9 Å². The number of hydrogen-bond donors (Lipinski definition) is 0. The van der Waals surface area contributed by atoms with E-state index in [4.69, 9.17) is 4.74 Å². The first-order valence-corrected chi connectivity index (χ1v) is 10.1. The van der Waals surface area contributed by atoms with Crippen LogP contribution in [0.3, 0.4) is 0 Å². The lowest BCUT2D eigenvalue weighted by Gasteiger charge is -2.19. The van der Waals surface area contributed by atoms with Crippen molar-refractivity contribution in [2.45, 2.75) is 40.2 Å². The molecule has 0 saturated heterocycles. The van der Waals surface area contributed by atoms with Gasteiger partial charge in [0.1, 0.15) is 5.82 Å². The molecule has 1 aliphatic heterocycles. The molecule has 0 bridgehead atoms. The molecule has 3 aromatic rings. The van der Waals surface area contributed by atoms with Crippen molar-refractivity contribution in [1.29, 1.82) is 0 Å². The van der Waals surface area contributed by atoms with Gasteiger partial charge in [0.2, 0.25) is 0 Å². The highest BCUT2D eigenvalue weighted by molar-refractivity contribution is 5.90. The van der Waals surface area contributed by atoms with Crippen LogP contribution in [0.2, 0.25) is 0 Å². The molecule has 1 aliphatic rings. The normalized spacial score (nSPS) is 14.6. The summed E-state index contributed by atoms with van der Waals surface area (Å²) in [7, 11) is 0. The molecule has 4 rings (SSSR count). The van der Waals surface area contributed by atoms with Gasteiger partial charge in [0.05, 0.1) is 13.0 Å². The van der Waals surface area contributed by atoms with Gasteiger partial charge in [0.25, 0.3) is 0 Å². The fraction of sp³-hybridized carbons (Fsp3) is 0.320. The first-order chi connectivity index (χ1) is 13.9. The molecular weight excluding hydrogens is 365 g/mol. The summed E-state index contributed by atoms with van der Waals surface area (Å²) in [4.78, 5) is 12.5. The molecule has 2 aromatic carbocycles. The second-order valence-corrected chi connectivity index (χ2v) is 8.43. The zero-order valence-corrected chi connectivity index (χ0v) is 17.2. The number of carbonyl (C=O) groups is 1. The molecule has 0 unspecified atom stereocenters. The molecule has 29 heavy (non-hydrogen) atoms. The van der Waals surface area contributed by atoms with Crippen molar-refractivity contribution in [2.75, 3.05) is 6.61 Å². The molecule has 4 heteroatoms. The van der Waals surface area contributed by atoms with Crippen LogP contribution in [0.25, 0.3) is 22.3 Å². The van der Waals surface area contributed by atoms with E-state index in [0.29, 0.717) is 6.61 Å². The van der Waals surface area contributed by atoms with Crippen LogP contribution in [0.5, 0.6) is 0 Å². The first-order valence-electron chi connectivity index (χ1n) is 10.1. The predicted octanol–water partition coefficient (Wildman–Crippen LogP) is 5.65. The van der Waals surface area contributed by atoms with E-state index in [1.54, 1.807) is 12.1 Å². The van der Waals surface area contributed by atoms with E-state index in [9.17, 15) is 9.18 Å². The number of halogens is 1. The smallest absolute Gasteiger partial charge is 0.311 e. The Hall–Kier alpha value is -2.88. The number of esters is 1. The largest absolute Gasteiger partial charge is 0.466 e. The zero-order chi connectivity index (χ0) is 20.6. The average Bonchev–Trinajstić information content (AvgIpc) is 3.14. The highest BCUT2D eigenvalue weighted by Crippen LogP contribution is 2.46. The summed E-state index contributed by atoms with van der Waals surface area (Å²) < 4.78 is 21.2. The number of ether oxygens (including phenoxy) is 1. The Morgan fingerprint density at radius 2 is 1.69 bits per heavy atom. The van der Waals surface area contributed by atoms with E-state index in [-0.39, 0.29) is 23.6 Å². The van der Waals surface area contributed by atoms with Gasteiger partial charge in [-0.3, -0.25) is 4.79 Å². The molecule has 0 fully saturated rings. The number of carbonyl (C=O) groups excluding carboxylic acids is 1. The van der Waals surface area contributed by atoms with Crippen LogP contribution in [0.15, 0.2) is 54.6 Å². The predicted molar refractivity (Wildman–Crippen MR) is 113 cm³/mol. The third-order valence-electron chi connectivity index (χ3n) is 5.52. The third-order valence-corrected chi connectivity index (χ3v) is 5.52. The number of hydrogen-bond acceptors (Lipinski definition) is 2. The number of nitrogens with zero attached hydrogens (tertiary/aromatic N) is 1. The van der Waals surface area contributed by atoms with Crippen LogP contribution in [0, 0.1) is 11.2 Å². The van der Waals surface area contributed by atoms with Gasteiger partial charge in [-0.15, -0.1) is 0 Å². The summed E-state index contributed by atoms with van der Waals surface area (Å²) in [6, 6.07) is 16.8. The Labute approximate surface area is 171 Å². The Morgan fingerprint density at radius 1 is 1.03 bits per heavy atom. The SMILES string of the molecule is CCOC(=O)Cc1c(-c2ccc(F)cc2)c(-c2ccccc2)c2n1CC(C)(C)C2. The van der Waals surface area contributed by atoms with Crippen molar-refractivity contribution >= 4 is 5.97 Å². The Balaban J connectivity index is 1.98. The minimum Gasteiger partial charge on any atom is -0.466 e. The Bertz CT molecular complexity index is 1030. The summed E-state index contributed by atoms with van der Waals surface area (Å²) in [6.45, 7) is 7.52. The van der Waals surface area contributed by atoms with Crippen LogP contribution in [-0.2, 0) is 28.9 Å². The summed E-state index contributed by atoms with van der Waals surface area (Å²) in [5.41, 5.74) is 6.49. The highest BCUT2D eigenvalue weighted by Gasteiger charge is 2.36. The highest BCUT2D eigenvalue weighted by atomic mass is 19.1. The molecule has 0 saturated carbocycles. The van der Waals surface area contributed by atoms with Crippen LogP contribution in [0.4, 0.5) is 4.39 Å². The average molecular weight is 391 g/mol. The maximum absolute atomic E-state index is 13.6. The molecule has 0 aliphatic carbocycles. The maximum Gasteiger partial charge on any atom is 0.311 e. The Morgan fingerprint density at radius 3 is 2.34 bits per heavy atom. The van der Waals surface area contributed by atoms with Crippen LogP contribution in [-0.4, -0.2) is 17.1 Å². The standard InChI is InChI=1S/C25H26FNO2/c1-4-29-22(28)14-20-23(18-10-12-19(26)13-11-18)24(17-8-6-5-7-9-17)21-15-25(2,3)16-27(20)21/h5-13H,4,14-16H2,1-3H3. The number of rotatable bonds is 5. The fourth-order valence-electron chi connectivity index (χ4n) is 4.41. The lowest BCUT2D eigenvalue weighted by molar-refractivity contribution is -0.142. The van der Waals surface area contributed by atoms with Gasteiger partial charge in [-0.05, 0) is 42.0 Å². The first kappa shape index (κ1) is 19.4. The van der Waals surface area contributed by atoms with Crippen molar-refractivity contribution < 1.29 is 13.9 Å². The monoisotopic (exact) mass is 391 g/mol.